The van der Waals surface area contributed by atoms with Gasteiger partial charge in [-0.2, -0.15) is 0 Å². The van der Waals surface area contributed by atoms with Crippen LogP contribution in [0.1, 0.15) is 18.4 Å². The van der Waals surface area contributed by atoms with Crippen molar-refractivity contribution in [2.45, 2.75) is 25.3 Å². The van der Waals surface area contributed by atoms with Gasteiger partial charge in [-0.1, -0.05) is 0 Å². The van der Waals surface area contributed by atoms with Crippen LogP contribution < -0.4 is 10.6 Å². The summed E-state index contributed by atoms with van der Waals surface area (Å²) in [4.78, 5) is 15.6. The van der Waals surface area contributed by atoms with E-state index in [-0.39, 0.29) is 5.91 Å². The molecule has 1 amide bonds. The van der Waals surface area contributed by atoms with Gasteiger partial charge in [-0.15, -0.1) is 0 Å². The molecular formula is C12H17N3O. The molecule has 86 valence electrons. The Bertz CT molecular complexity index is 333. The Hall–Kier alpha value is -1.42. The second-order valence-electron chi connectivity index (χ2n) is 4.11. The first kappa shape index (κ1) is 11.1. The predicted molar refractivity (Wildman–Crippen MR) is 62.0 cm³/mol. The summed E-state index contributed by atoms with van der Waals surface area (Å²) in [6, 6.07) is 4.22. The maximum atomic E-state index is 11.6. The highest BCUT2D eigenvalue weighted by Crippen LogP contribution is 2.02. The zero-order valence-corrected chi connectivity index (χ0v) is 9.28. The number of nitrogens with one attached hydrogen (secondary N) is 2. The summed E-state index contributed by atoms with van der Waals surface area (Å²) in [6.07, 6.45) is 5.90. The SMILES string of the molecule is O=C(CCc1ccncc1)N[C@H]1CCNC1. The van der Waals surface area contributed by atoms with Crippen molar-refractivity contribution in [2.75, 3.05) is 13.1 Å². The van der Waals surface area contributed by atoms with Gasteiger partial charge in [0, 0.05) is 31.4 Å². The fourth-order valence-corrected chi connectivity index (χ4v) is 1.89. The van der Waals surface area contributed by atoms with E-state index in [0.717, 1.165) is 31.5 Å². The summed E-state index contributed by atoms with van der Waals surface area (Å²) in [6.45, 7) is 1.91. The molecule has 1 aliphatic rings. The predicted octanol–water partition coefficient (Wildman–Crippen LogP) is 0.492. The molecule has 0 spiro atoms. The maximum Gasteiger partial charge on any atom is 0.220 e. The van der Waals surface area contributed by atoms with Crippen molar-refractivity contribution in [3.05, 3.63) is 30.1 Å². The molecular weight excluding hydrogens is 202 g/mol. The smallest absolute Gasteiger partial charge is 0.220 e. The van der Waals surface area contributed by atoms with Crippen LogP contribution in [0.25, 0.3) is 0 Å². The lowest BCUT2D eigenvalue weighted by Crippen LogP contribution is -2.36. The van der Waals surface area contributed by atoms with Gasteiger partial charge in [-0.3, -0.25) is 9.78 Å². The molecule has 0 unspecified atom stereocenters. The Morgan fingerprint density at radius 1 is 1.50 bits per heavy atom. The van der Waals surface area contributed by atoms with Gasteiger partial charge in [0.15, 0.2) is 0 Å². The van der Waals surface area contributed by atoms with E-state index in [0.29, 0.717) is 12.5 Å². The van der Waals surface area contributed by atoms with E-state index in [2.05, 4.69) is 15.6 Å². The van der Waals surface area contributed by atoms with Crippen molar-refractivity contribution in [1.29, 1.82) is 0 Å². The van der Waals surface area contributed by atoms with E-state index in [4.69, 9.17) is 0 Å². The molecule has 0 aliphatic carbocycles. The lowest BCUT2D eigenvalue weighted by Gasteiger charge is -2.10. The quantitative estimate of drug-likeness (QED) is 0.775. The highest BCUT2D eigenvalue weighted by Gasteiger charge is 2.16. The van der Waals surface area contributed by atoms with Crippen molar-refractivity contribution in [3.63, 3.8) is 0 Å². The average Bonchev–Trinajstić information content (AvgIpc) is 2.81. The molecule has 0 radical (unpaired) electrons. The van der Waals surface area contributed by atoms with Crippen molar-refractivity contribution < 1.29 is 4.79 Å². The summed E-state index contributed by atoms with van der Waals surface area (Å²) >= 11 is 0. The monoisotopic (exact) mass is 219 g/mol. The van der Waals surface area contributed by atoms with Crippen LogP contribution in [-0.4, -0.2) is 30.0 Å². The molecule has 1 saturated heterocycles. The number of pyridine rings is 1. The highest BCUT2D eigenvalue weighted by atomic mass is 16.1. The largest absolute Gasteiger partial charge is 0.352 e. The number of carbonyl (C=O) groups is 1. The molecule has 1 fully saturated rings. The Morgan fingerprint density at radius 2 is 2.31 bits per heavy atom. The normalized spacial score (nSPS) is 19.6. The highest BCUT2D eigenvalue weighted by molar-refractivity contribution is 5.76. The second-order valence-corrected chi connectivity index (χ2v) is 4.11. The number of rotatable bonds is 4. The van der Waals surface area contributed by atoms with Gasteiger partial charge < -0.3 is 10.6 Å². The topological polar surface area (TPSA) is 54.0 Å². The van der Waals surface area contributed by atoms with Crippen LogP contribution in [0.4, 0.5) is 0 Å². The third-order valence-corrected chi connectivity index (χ3v) is 2.82. The van der Waals surface area contributed by atoms with Crippen molar-refractivity contribution in [2.24, 2.45) is 0 Å². The van der Waals surface area contributed by atoms with E-state index in [9.17, 15) is 4.79 Å². The van der Waals surface area contributed by atoms with Gasteiger partial charge in [-0.05, 0) is 37.1 Å². The van der Waals surface area contributed by atoms with E-state index in [1.54, 1.807) is 12.4 Å². The van der Waals surface area contributed by atoms with Crippen LogP contribution in [-0.2, 0) is 11.2 Å². The number of amides is 1. The number of hydrogen-bond acceptors (Lipinski definition) is 3. The standard InChI is InChI=1S/C12H17N3O/c16-12(15-11-5-8-14-9-11)2-1-10-3-6-13-7-4-10/h3-4,6-7,11,14H,1-2,5,8-9H2,(H,15,16)/t11-/m0/s1. The Kier molecular flexibility index (Phi) is 3.88. The van der Waals surface area contributed by atoms with Crippen molar-refractivity contribution in [1.82, 2.24) is 15.6 Å². The molecule has 1 aliphatic heterocycles. The molecule has 0 aromatic carbocycles. The molecule has 4 heteroatoms. The Balaban J connectivity index is 1.71. The number of aromatic nitrogens is 1. The number of carbonyl (C=O) groups excluding carboxylic acids is 1. The third kappa shape index (κ3) is 3.31. The van der Waals surface area contributed by atoms with Crippen LogP contribution in [0.3, 0.4) is 0 Å². The Morgan fingerprint density at radius 3 is 3.00 bits per heavy atom. The van der Waals surface area contributed by atoms with Gasteiger partial charge in [-0.25, -0.2) is 0 Å². The number of aryl methyl sites for hydroxylation is 1. The van der Waals surface area contributed by atoms with Crippen LogP contribution in [0.5, 0.6) is 0 Å². The summed E-state index contributed by atoms with van der Waals surface area (Å²) < 4.78 is 0. The maximum absolute atomic E-state index is 11.6. The summed E-state index contributed by atoms with van der Waals surface area (Å²) in [5.74, 6) is 0.144. The molecule has 2 N–H and O–H groups in total. The van der Waals surface area contributed by atoms with Gasteiger partial charge in [0.1, 0.15) is 0 Å². The zero-order chi connectivity index (χ0) is 11.2. The molecule has 1 aromatic heterocycles. The second kappa shape index (κ2) is 5.61. The lowest BCUT2D eigenvalue weighted by atomic mass is 10.1. The Labute approximate surface area is 95.5 Å². The molecule has 2 rings (SSSR count). The van der Waals surface area contributed by atoms with Crippen LogP contribution in [0.2, 0.25) is 0 Å². The lowest BCUT2D eigenvalue weighted by molar-refractivity contribution is -0.121. The van der Waals surface area contributed by atoms with Crippen LogP contribution in [0.15, 0.2) is 24.5 Å². The van der Waals surface area contributed by atoms with E-state index in [1.165, 1.54) is 0 Å². The fourth-order valence-electron chi connectivity index (χ4n) is 1.89. The van der Waals surface area contributed by atoms with Gasteiger partial charge in [0.25, 0.3) is 0 Å². The van der Waals surface area contributed by atoms with Gasteiger partial charge >= 0.3 is 0 Å². The molecule has 16 heavy (non-hydrogen) atoms. The summed E-state index contributed by atoms with van der Waals surface area (Å²) in [5, 5.41) is 6.26. The molecule has 1 aromatic rings. The third-order valence-electron chi connectivity index (χ3n) is 2.82. The first-order valence-electron chi connectivity index (χ1n) is 5.73. The van der Waals surface area contributed by atoms with Crippen molar-refractivity contribution >= 4 is 5.91 Å². The van der Waals surface area contributed by atoms with E-state index in [1.807, 2.05) is 12.1 Å². The van der Waals surface area contributed by atoms with E-state index >= 15 is 0 Å². The average molecular weight is 219 g/mol. The molecule has 2 heterocycles. The van der Waals surface area contributed by atoms with E-state index < -0.39 is 0 Å². The summed E-state index contributed by atoms with van der Waals surface area (Å²) in [7, 11) is 0. The van der Waals surface area contributed by atoms with Crippen LogP contribution in [0, 0.1) is 0 Å². The minimum Gasteiger partial charge on any atom is -0.352 e. The number of hydrogen-bond donors (Lipinski definition) is 2. The first-order valence-corrected chi connectivity index (χ1v) is 5.73. The fraction of sp³-hybridized carbons (Fsp3) is 0.500. The van der Waals surface area contributed by atoms with Gasteiger partial charge in [0.05, 0.1) is 0 Å². The minimum absolute atomic E-state index is 0.144. The molecule has 0 saturated carbocycles. The van der Waals surface area contributed by atoms with Crippen LogP contribution >= 0.6 is 0 Å². The number of nitrogens with zero attached hydrogens (tertiary/aromatic N) is 1. The molecule has 0 bridgehead atoms. The first-order chi connectivity index (χ1) is 7.84. The zero-order valence-electron chi connectivity index (χ0n) is 9.28. The van der Waals surface area contributed by atoms with Gasteiger partial charge in [0.2, 0.25) is 5.91 Å². The van der Waals surface area contributed by atoms with Crippen molar-refractivity contribution in [3.8, 4) is 0 Å². The molecule has 1 atom stereocenters. The molecule has 4 nitrogen and oxygen atoms in total. The minimum atomic E-state index is 0.144. The summed E-state index contributed by atoms with van der Waals surface area (Å²) in [5.41, 5.74) is 1.16.